The van der Waals surface area contributed by atoms with Gasteiger partial charge in [-0.2, -0.15) is 0 Å². The minimum atomic E-state index is -3.45. The number of rotatable bonds is 56. The average molecular weight is 1640 g/mol. The Morgan fingerprint density at radius 1 is 0.404 bits per heavy atom. The average Bonchev–Trinajstić information content (AvgIpc) is 1.50. The van der Waals surface area contributed by atoms with Crippen LogP contribution in [0.3, 0.4) is 0 Å². The molecule has 0 saturated carbocycles. The molecule has 0 unspecified atom stereocenters. The Labute approximate surface area is 601 Å². The molecule has 6 rings (SSSR count). The molecular formula is C84H141F2N4Se2Sn2. The Balaban J connectivity index is 1.78. The van der Waals surface area contributed by atoms with Crippen LogP contribution >= 0.6 is 0 Å². The molecule has 1 heterocycles. The van der Waals surface area contributed by atoms with Gasteiger partial charge in [-0.05, 0) is 0 Å². The fourth-order valence-corrected chi connectivity index (χ4v) is 53.3. The van der Waals surface area contributed by atoms with E-state index in [1.54, 1.807) is 3.58 Å². The van der Waals surface area contributed by atoms with Gasteiger partial charge in [0.25, 0.3) is 0 Å². The normalized spacial score (nSPS) is 15.5. The quantitative estimate of drug-likeness (QED) is 0.0348. The number of halogens is 2. The number of nitrogens with one attached hydrogen (secondary N) is 1. The first kappa shape index (κ1) is 82.3. The molecule has 3 aromatic rings. The van der Waals surface area contributed by atoms with Crippen LogP contribution in [0.2, 0.25) is 26.6 Å². The number of fused-ring (bicyclic) bond motifs is 7. The maximum atomic E-state index is 21.0. The van der Waals surface area contributed by atoms with Crippen molar-refractivity contribution in [3.05, 3.63) is 55.2 Å². The number of hydrogen-bond donors (Lipinski definition) is 1. The maximum absolute atomic E-state index is 21.0. The van der Waals surface area contributed by atoms with Crippen LogP contribution in [0.15, 0.2) is 25.3 Å². The third-order valence-corrected chi connectivity index (χ3v) is 56.5. The first-order chi connectivity index (χ1) is 46.0. The van der Waals surface area contributed by atoms with Crippen molar-refractivity contribution < 1.29 is 8.78 Å². The molecule has 3 aliphatic carbocycles. The zero-order chi connectivity index (χ0) is 67.7. The van der Waals surface area contributed by atoms with Gasteiger partial charge in [0, 0.05) is 0 Å². The monoisotopic (exact) mass is 1640 g/mol. The summed E-state index contributed by atoms with van der Waals surface area (Å²) in [5, 5.41) is 10.8. The van der Waals surface area contributed by atoms with Crippen LogP contribution in [0.5, 0.6) is 0 Å². The van der Waals surface area contributed by atoms with Gasteiger partial charge >= 0.3 is 554 Å². The Morgan fingerprint density at radius 2 is 0.723 bits per heavy atom. The summed E-state index contributed by atoms with van der Waals surface area (Å²) >= 11 is -3.95. The molecule has 0 saturated heterocycles. The summed E-state index contributed by atoms with van der Waals surface area (Å²) < 4.78 is 69.0. The summed E-state index contributed by atoms with van der Waals surface area (Å²) in [5.74, 6) is -0.309. The van der Waals surface area contributed by atoms with Crippen LogP contribution in [0.1, 0.15) is 400 Å². The molecule has 0 atom stereocenters. The summed E-state index contributed by atoms with van der Waals surface area (Å²) in [7, 11) is 0. The fourth-order valence-electron chi connectivity index (χ4n) is 18.3. The Kier molecular flexibility index (Phi) is 39.1. The number of unbranched alkanes of at least 4 members (excludes halogenated alkanes) is 34. The second-order valence-corrected chi connectivity index (χ2v) is 58.6. The molecule has 0 aliphatic heterocycles. The molecule has 3 aliphatic rings. The van der Waals surface area contributed by atoms with E-state index in [1.165, 1.54) is 248 Å². The number of aromatic nitrogens is 2. The van der Waals surface area contributed by atoms with Gasteiger partial charge in [0.15, 0.2) is 0 Å². The smallest absolute Gasteiger partial charge is 0.0654 e. The topological polar surface area (TPSA) is 62.0 Å². The van der Waals surface area contributed by atoms with Gasteiger partial charge in [0.05, 0.1) is 0 Å². The SMILES string of the molecule is CCCCCCCCCCC1(CCCCCCCCCC)C2=C(/C(=N/[Se])C(=N)[C]([Sn]([CH2]CCC)([CH2]CCC)[CH2]CCC)=C2)c2c(F)c3c(c(F)c21)-c1c(c[c]([Sn]([CH2]CCC)([CH2]CCC)[CH2]CCC)c2n[se]nc12)C3(CCCCCCCCCC)CCCCCCCCCC. The third kappa shape index (κ3) is 20.8. The van der Waals surface area contributed by atoms with Gasteiger partial charge in [-0.3, -0.25) is 0 Å². The Bertz CT molecular complexity index is 2710. The van der Waals surface area contributed by atoms with Crippen LogP contribution in [-0.4, -0.2) is 87.3 Å². The van der Waals surface area contributed by atoms with Gasteiger partial charge in [-0.1, -0.05) is 53.4 Å². The fraction of sp³-hybridized carbons (Fsp3) is 0.786. The first-order valence-corrected chi connectivity index (χ1v) is 58.4. The number of benzene rings is 2. The van der Waals surface area contributed by atoms with Crippen molar-refractivity contribution in [2.45, 2.75) is 415 Å². The zero-order valence-electron chi connectivity index (χ0n) is 62.8. The van der Waals surface area contributed by atoms with E-state index in [4.69, 9.17) is 12.0 Å². The van der Waals surface area contributed by atoms with E-state index >= 15 is 8.78 Å². The van der Waals surface area contributed by atoms with Crippen molar-refractivity contribution in [2.75, 3.05) is 0 Å². The molecule has 0 bridgehead atoms. The van der Waals surface area contributed by atoms with Crippen molar-refractivity contribution in [3.63, 3.8) is 0 Å². The summed E-state index contributed by atoms with van der Waals surface area (Å²) in [6.07, 6.45) is 58.7. The van der Waals surface area contributed by atoms with E-state index in [-0.39, 0.29) is 26.6 Å². The second kappa shape index (κ2) is 44.7. The van der Waals surface area contributed by atoms with Crippen LogP contribution in [0, 0.1) is 17.0 Å². The van der Waals surface area contributed by atoms with Gasteiger partial charge < -0.3 is 0 Å². The van der Waals surface area contributed by atoms with E-state index in [1.807, 2.05) is 0 Å². The molecule has 0 fully saturated rings. The standard InChI is InChI=1S/C60H87F2N4Se2.6C4H9.2Sn/c1-5-9-13-17-21-25-29-33-41-59(42-34-30-26-22-18-14-10-6-2)45-37-39-47(63)57(64-67)49(45)51-53(59)56(62)52-50-46(38-40-48-58(50)66-68-65-48)60(54(52)55(51)61,43-35-31-27-23-19-15-11-7-3)44-36-32-28-24-20-16-12-8-4;6*1-3-4-2;;/h37-38,63H,5-36,41-44H2,1-4H3;6*1,3-4H2,2H3;;/b63-47?,64-57+;;;;;;;;. The van der Waals surface area contributed by atoms with Crippen LogP contribution in [0.4, 0.5) is 8.78 Å². The summed E-state index contributed by atoms with van der Waals surface area (Å²) in [6.45, 7) is 23.5. The molecule has 1 aromatic heterocycles. The molecule has 1 N–H and O–H groups in total. The van der Waals surface area contributed by atoms with Crippen LogP contribution in [-0.2, 0) is 10.8 Å². The summed E-state index contributed by atoms with van der Waals surface area (Å²) in [5.41, 5.74) is 8.31. The molecule has 2 aromatic carbocycles. The van der Waals surface area contributed by atoms with E-state index in [0.29, 0.717) is 33.7 Å². The number of allylic oxidation sites excluding steroid dienone is 4. The summed E-state index contributed by atoms with van der Waals surface area (Å²) in [6, 6.07) is 2.71. The number of nitrogens with zero attached hydrogens (tertiary/aromatic N) is 3. The zero-order valence-corrected chi connectivity index (χ0v) is 71.9. The first-order valence-electron chi connectivity index (χ1n) is 41.1. The van der Waals surface area contributed by atoms with Crippen molar-refractivity contribution in [3.8, 4) is 11.1 Å². The summed E-state index contributed by atoms with van der Waals surface area (Å²) in [4.78, 5) is 0. The minimum Gasteiger partial charge on any atom is -0.0654 e. The van der Waals surface area contributed by atoms with Gasteiger partial charge in [-0.25, -0.2) is 0 Å². The molecular weight excluding hydrogens is 1500 g/mol. The van der Waals surface area contributed by atoms with Crippen molar-refractivity contribution in [2.24, 2.45) is 4.01 Å². The van der Waals surface area contributed by atoms with Gasteiger partial charge in [0.2, 0.25) is 0 Å². The molecule has 94 heavy (non-hydrogen) atoms. The van der Waals surface area contributed by atoms with Gasteiger partial charge in [-0.15, -0.1) is 0 Å². The molecule has 531 valence electrons. The van der Waals surface area contributed by atoms with E-state index in [9.17, 15) is 5.41 Å². The van der Waals surface area contributed by atoms with E-state index in [0.717, 1.165) is 124 Å². The van der Waals surface area contributed by atoms with Crippen LogP contribution in [0.25, 0.3) is 27.7 Å². The predicted octanol–water partition coefficient (Wildman–Crippen LogP) is 27.3. The van der Waals surface area contributed by atoms with Crippen molar-refractivity contribution >= 4 is 99.6 Å². The number of hydrogen-bond acceptors (Lipinski definition) is 4. The minimum absolute atomic E-state index is 0.143. The Hall–Kier alpha value is -0.644. The molecule has 0 spiro atoms. The van der Waals surface area contributed by atoms with Crippen molar-refractivity contribution in [1.29, 1.82) is 5.41 Å². The van der Waals surface area contributed by atoms with Crippen LogP contribution < -0.4 is 3.58 Å². The molecule has 4 nitrogen and oxygen atoms in total. The Morgan fingerprint density at radius 3 is 1.10 bits per heavy atom. The second-order valence-electron chi connectivity index (χ2n) is 30.8. The van der Waals surface area contributed by atoms with Gasteiger partial charge in [0.1, 0.15) is 0 Å². The third-order valence-electron chi connectivity index (χ3n) is 23.8. The van der Waals surface area contributed by atoms with Crippen molar-refractivity contribution in [1.82, 2.24) is 7.96 Å². The van der Waals surface area contributed by atoms with E-state index < -0.39 is 47.6 Å². The molecule has 10 heteroatoms. The molecule has 0 amide bonds. The van der Waals surface area contributed by atoms with E-state index in [2.05, 4.69) is 97.6 Å². The molecule has 1 radical (unpaired) electrons. The predicted molar refractivity (Wildman–Crippen MR) is 419 cm³/mol.